The van der Waals surface area contributed by atoms with E-state index < -0.39 is 6.16 Å². The molecule has 0 bridgehead atoms. The first-order valence-corrected chi connectivity index (χ1v) is 4.36. The zero-order valence-corrected chi connectivity index (χ0v) is 16.2. The van der Waals surface area contributed by atoms with Crippen LogP contribution in [0.15, 0.2) is 0 Å². The summed E-state index contributed by atoms with van der Waals surface area (Å²) >= 11 is 0. The van der Waals surface area contributed by atoms with Gasteiger partial charge in [0.2, 0.25) is 0 Å². The number of hydrogen-bond donors (Lipinski definition) is 0. The monoisotopic (exact) mass is 278 g/mol. The standard InChI is InChI=1S/C8H12O2.CH2O3.2K/c1-6(9)7-4-2-3-5-8(7)10;2-1(3)4;;/h7H,2-5H2,1H3;(H2,2,3,4);;/q;;2*+1/p-2. The molecule has 0 aromatic carbocycles. The fraction of sp³-hybridized carbons (Fsp3) is 0.667. The van der Waals surface area contributed by atoms with E-state index in [2.05, 4.69) is 0 Å². The zero-order valence-electron chi connectivity index (χ0n) is 9.95. The predicted molar refractivity (Wildman–Crippen MR) is 43.0 cm³/mol. The van der Waals surface area contributed by atoms with Crippen LogP contribution in [-0.2, 0) is 9.59 Å². The van der Waals surface area contributed by atoms with Crippen LogP contribution in [0.1, 0.15) is 32.6 Å². The van der Waals surface area contributed by atoms with Crippen molar-refractivity contribution < 1.29 is 127 Å². The molecule has 0 amide bonds. The molecule has 0 aromatic rings. The first-order chi connectivity index (χ1) is 6.45. The maximum atomic E-state index is 11.0. The number of rotatable bonds is 1. The Labute approximate surface area is 180 Å². The Morgan fingerprint density at radius 2 is 1.62 bits per heavy atom. The summed E-state index contributed by atoms with van der Waals surface area (Å²) in [6.07, 6.45) is 1.08. The Kier molecular flexibility index (Phi) is 19.2. The van der Waals surface area contributed by atoms with E-state index in [0.29, 0.717) is 6.42 Å². The minimum Gasteiger partial charge on any atom is -0.652 e. The molecule has 1 unspecified atom stereocenters. The van der Waals surface area contributed by atoms with Crippen LogP contribution >= 0.6 is 0 Å². The third-order valence-electron chi connectivity index (χ3n) is 2.05. The second kappa shape index (κ2) is 13.3. The molecule has 5 nitrogen and oxygen atoms in total. The van der Waals surface area contributed by atoms with Gasteiger partial charge in [0.1, 0.15) is 11.6 Å². The van der Waals surface area contributed by atoms with Crippen molar-refractivity contribution in [3.63, 3.8) is 0 Å². The Hall–Kier alpha value is 1.88. The topological polar surface area (TPSA) is 97.3 Å². The molecular weight excluding hydrogens is 266 g/mol. The van der Waals surface area contributed by atoms with Crippen LogP contribution in [0.4, 0.5) is 4.79 Å². The largest absolute Gasteiger partial charge is 1.00 e. The SMILES string of the molecule is CC(=O)C1CCCCC1=O.O=C([O-])[O-].[K+].[K+]. The second-order valence-electron chi connectivity index (χ2n) is 3.13. The van der Waals surface area contributed by atoms with Crippen molar-refractivity contribution in [1.29, 1.82) is 0 Å². The first kappa shape index (κ1) is 23.0. The van der Waals surface area contributed by atoms with Crippen molar-refractivity contribution in [1.82, 2.24) is 0 Å². The van der Waals surface area contributed by atoms with Gasteiger partial charge in [-0.15, -0.1) is 0 Å². The maximum Gasteiger partial charge on any atom is 1.00 e. The summed E-state index contributed by atoms with van der Waals surface area (Å²) in [5, 5.41) is 16.7. The van der Waals surface area contributed by atoms with Gasteiger partial charge in [-0.3, -0.25) is 9.59 Å². The number of ketones is 2. The fourth-order valence-corrected chi connectivity index (χ4v) is 1.41. The number of Topliss-reactive ketones (excluding diaryl/α,β-unsaturated/α-hetero) is 2. The van der Waals surface area contributed by atoms with Crippen LogP contribution < -0.4 is 113 Å². The van der Waals surface area contributed by atoms with Crippen LogP contribution in [0, 0.1) is 5.92 Å². The Morgan fingerprint density at radius 3 is 1.88 bits per heavy atom. The van der Waals surface area contributed by atoms with E-state index in [1.165, 1.54) is 6.92 Å². The van der Waals surface area contributed by atoms with Crippen molar-refractivity contribution in [3.05, 3.63) is 0 Å². The summed E-state index contributed by atoms with van der Waals surface area (Å²) in [5.41, 5.74) is 0. The van der Waals surface area contributed by atoms with Gasteiger partial charge in [0.05, 0.1) is 5.92 Å². The molecular formula is C9H12K2O5. The van der Waals surface area contributed by atoms with Crippen molar-refractivity contribution in [2.24, 2.45) is 5.92 Å². The minimum absolute atomic E-state index is 0. The van der Waals surface area contributed by atoms with Crippen molar-refractivity contribution in [3.8, 4) is 0 Å². The molecule has 1 rings (SSSR count). The van der Waals surface area contributed by atoms with E-state index in [9.17, 15) is 9.59 Å². The molecule has 1 saturated carbocycles. The van der Waals surface area contributed by atoms with Gasteiger partial charge in [0.25, 0.3) is 0 Å². The van der Waals surface area contributed by atoms with Crippen LogP contribution in [-0.4, -0.2) is 17.7 Å². The van der Waals surface area contributed by atoms with Crippen LogP contribution in [0.5, 0.6) is 0 Å². The van der Waals surface area contributed by atoms with Crippen LogP contribution in [0.25, 0.3) is 0 Å². The summed E-state index contributed by atoms with van der Waals surface area (Å²) in [6, 6.07) is 0. The van der Waals surface area contributed by atoms with Gasteiger partial charge in [-0.25, -0.2) is 0 Å². The van der Waals surface area contributed by atoms with Crippen LogP contribution in [0.2, 0.25) is 0 Å². The molecule has 0 radical (unpaired) electrons. The Balaban J connectivity index is -0.000000249. The summed E-state index contributed by atoms with van der Waals surface area (Å²) in [4.78, 5) is 30.1. The van der Waals surface area contributed by atoms with Crippen LogP contribution in [0.3, 0.4) is 0 Å². The smallest absolute Gasteiger partial charge is 0.652 e. The Bertz CT molecular complexity index is 238. The summed E-state index contributed by atoms with van der Waals surface area (Å²) in [5.74, 6) is -0.0581. The van der Waals surface area contributed by atoms with E-state index in [1.807, 2.05) is 0 Å². The number of carboxylic acid groups (broad SMARTS) is 2. The van der Waals surface area contributed by atoms with Gasteiger partial charge in [0.15, 0.2) is 0 Å². The number of hydrogen-bond acceptors (Lipinski definition) is 5. The molecule has 0 aliphatic heterocycles. The third kappa shape index (κ3) is 12.3. The first-order valence-electron chi connectivity index (χ1n) is 4.36. The van der Waals surface area contributed by atoms with Gasteiger partial charge in [-0.05, 0) is 25.9 Å². The van der Waals surface area contributed by atoms with Crippen molar-refractivity contribution in [2.45, 2.75) is 32.6 Å². The molecule has 0 heterocycles. The molecule has 0 saturated heterocycles. The molecule has 16 heavy (non-hydrogen) atoms. The van der Waals surface area contributed by atoms with Crippen molar-refractivity contribution in [2.75, 3.05) is 0 Å². The van der Waals surface area contributed by atoms with Gasteiger partial charge >= 0.3 is 103 Å². The molecule has 7 heteroatoms. The van der Waals surface area contributed by atoms with Gasteiger partial charge in [-0.1, -0.05) is 6.42 Å². The van der Waals surface area contributed by atoms with E-state index in [1.54, 1.807) is 0 Å². The molecule has 0 aromatic heterocycles. The van der Waals surface area contributed by atoms with E-state index >= 15 is 0 Å². The molecule has 0 N–H and O–H groups in total. The van der Waals surface area contributed by atoms with E-state index in [4.69, 9.17) is 15.0 Å². The van der Waals surface area contributed by atoms with Gasteiger partial charge in [0, 0.05) is 6.42 Å². The Morgan fingerprint density at radius 1 is 1.19 bits per heavy atom. The summed E-state index contributed by atoms with van der Waals surface area (Å²) < 4.78 is 0. The maximum absolute atomic E-state index is 11.0. The summed E-state index contributed by atoms with van der Waals surface area (Å²) in [7, 11) is 0. The zero-order chi connectivity index (χ0) is 11.1. The van der Waals surface area contributed by atoms with Gasteiger partial charge < -0.3 is 15.0 Å². The van der Waals surface area contributed by atoms with E-state index in [-0.39, 0.29) is 120 Å². The normalized spacial score (nSPS) is 18.1. The average Bonchev–Trinajstić information content (AvgIpc) is 2.03. The fourth-order valence-electron chi connectivity index (χ4n) is 1.41. The van der Waals surface area contributed by atoms with Crippen molar-refractivity contribution >= 4 is 17.7 Å². The molecule has 1 atom stereocenters. The molecule has 80 valence electrons. The van der Waals surface area contributed by atoms with E-state index in [0.717, 1.165) is 19.3 Å². The molecule has 0 spiro atoms. The predicted octanol–water partition coefficient (Wildman–Crippen LogP) is -7.10. The quantitative estimate of drug-likeness (QED) is 0.351. The molecule has 1 fully saturated rings. The molecule has 1 aliphatic rings. The van der Waals surface area contributed by atoms with Gasteiger partial charge in [-0.2, -0.15) is 0 Å². The second-order valence-corrected chi connectivity index (χ2v) is 3.13. The average molecular weight is 278 g/mol. The minimum atomic E-state index is -2.33. The summed E-state index contributed by atoms with van der Waals surface area (Å²) in [6.45, 7) is 1.51. The number of carbonyl (C=O) groups is 3. The third-order valence-corrected chi connectivity index (χ3v) is 2.05. The number of carbonyl (C=O) groups excluding carboxylic acids is 3. The molecule has 1 aliphatic carbocycles.